The molecule has 0 spiro atoms. The van der Waals surface area contributed by atoms with E-state index in [1.807, 2.05) is 0 Å². The highest BCUT2D eigenvalue weighted by Crippen LogP contribution is 2.45. The third-order valence-electron chi connectivity index (χ3n) is 4.94. The van der Waals surface area contributed by atoms with Crippen LogP contribution in [0.1, 0.15) is 31.4 Å². The first-order valence-electron chi connectivity index (χ1n) is 7.21. The van der Waals surface area contributed by atoms with Crippen LogP contribution in [-0.4, -0.2) is 30.7 Å². The molecule has 1 heterocycles. The highest BCUT2D eigenvalue weighted by Gasteiger charge is 2.45. The van der Waals surface area contributed by atoms with Crippen LogP contribution in [0.2, 0.25) is 0 Å². The highest BCUT2D eigenvalue weighted by atomic mass is 32.2. The molecule has 0 bridgehead atoms. The Morgan fingerprint density at radius 3 is 3.05 bits per heavy atom. The van der Waals surface area contributed by atoms with Gasteiger partial charge in [-0.05, 0) is 36.1 Å². The van der Waals surface area contributed by atoms with Crippen LogP contribution in [0.4, 0.5) is 0 Å². The van der Waals surface area contributed by atoms with Gasteiger partial charge in [-0.2, -0.15) is 11.8 Å². The van der Waals surface area contributed by atoms with Crippen LogP contribution in [0.5, 0.6) is 5.75 Å². The lowest BCUT2D eigenvalue weighted by Crippen LogP contribution is -2.58. The Morgan fingerprint density at radius 1 is 1.47 bits per heavy atom. The number of rotatable bonds is 2. The van der Waals surface area contributed by atoms with Gasteiger partial charge < -0.3 is 10.1 Å². The molecule has 1 aliphatic heterocycles. The molecule has 19 heavy (non-hydrogen) atoms. The van der Waals surface area contributed by atoms with Crippen LogP contribution in [0.25, 0.3) is 0 Å². The lowest BCUT2D eigenvalue weighted by molar-refractivity contribution is 0.277. The van der Waals surface area contributed by atoms with Gasteiger partial charge in [0.1, 0.15) is 5.75 Å². The Labute approximate surface area is 120 Å². The van der Waals surface area contributed by atoms with Gasteiger partial charge in [0.2, 0.25) is 0 Å². The second kappa shape index (κ2) is 5.02. The van der Waals surface area contributed by atoms with Crippen molar-refractivity contribution in [2.24, 2.45) is 0 Å². The quantitative estimate of drug-likeness (QED) is 0.898. The van der Waals surface area contributed by atoms with Gasteiger partial charge in [-0.1, -0.05) is 19.9 Å². The SMILES string of the molecule is CCC1(C)c2cc(OC)ccc2CC2SCCNC21. The van der Waals surface area contributed by atoms with Gasteiger partial charge in [0.25, 0.3) is 0 Å². The molecule has 2 aliphatic rings. The van der Waals surface area contributed by atoms with E-state index in [0.29, 0.717) is 6.04 Å². The zero-order valence-corrected chi connectivity index (χ0v) is 12.8. The first-order chi connectivity index (χ1) is 9.19. The fourth-order valence-electron chi connectivity index (χ4n) is 3.65. The average molecular weight is 277 g/mol. The fraction of sp³-hybridized carbons (Fsp3) is 0.625. The van der Waals surface area contributed by atoms with Crippen molar-refractivity contribution < 1.29 is 4.74 Å². The summed E-state index contributed by atoms with van der Waals surface area (Å²) in [5, 5.41) is 4.50. The molecule has 3 heteroatoms. The second-order valence-electron chi connectivity index (χ2n) is 5.84. The standard InChI is InChI=1S/C16H23NOS/c1-4-16(2)13-10-12(18-3)6-5-11(13)9-14-15(16)17-7-8-19-14/h5-6,10,14-15,17H,4,7-9H2,1-3H3. The molecule has 0 aromatic heterocycles. The van der Waals surface area contributed by atoms with Crippen LogP contribution in [0.3, 0.4) is 0 Å². The minimum absolute atomic E-state index is 0.222. The molecule has 0 saturated carbocycles. The maximum absolute atomic E-state index is 5.43. The number of methoxy groups -OCH3 is 1. The van der Waals surface area contributed by atoms with E-state index < -0.39 is 0 Å². The number of ether oxygens (including phenoxy) is 1. The third-order valence-corrected chi connectivity index (χ3v) is 6.25. The Hall–Kier alpha value is -0.670. The predicted octanol–water partition coefficient (Wildman–Crippen LogP) is 2.99. The lowest BCUT2D eigenvalue weighted by Gasteiger charge is -2.49. The minimum Gasteiger partial charge on any atom is -0.497 e. The number of hydrogen-bond donors (Lipinski definition) is 1. The Bertz CT molecular complexity index is 476. The summed E-state index contributed by atoms with van der Waals surface area (Å²) in [5.41, 5.74) is 3.23. The van der Waals surface area contributed by atoms with Crippen molar-refractivity contribution in [2.75, 3.05) is 19.4 Å². The van der Waals surface area contributed by atoms with Crippen molar-refractivity contribution in [2.45, 2.75) is 43.4 Å². The molecule has 3 unspecified atom stereocenters. The first-order valence-corrected chi connectivity index (χ1v) is 8.26. The molecule has 1 aromatic carbocycles. The zero-order valence-electron chi connectivity index (χ0n) is 12.0. The van der Waals surface area contributed by atoms with E-state index in [1.165, 1.54) is 29.7 Å². The van der Waals surface area contributed by atoms with Gasteiger partial charge in [0, 0.05) is 29.0 Å². The zero-order chi connectivity index (χ0) is 13.5. The van der Waals surface area contributed by atoms with E-state index in [4.69, 9.17) is 4.74 Å². The number of benzene rings is 1. The maximum atomic E-state index is 5.43. The molecule has 3 atom stereocenters. The largest absolute Gasteiger partial charge is 0.497 e. The average Bonchev–Trinajstić information content (AvgIpc) is 2.47. The second-order valence-corrected chi connectivity index (χ2v) is 7.19. The van der Waals surface area contributed by atoms with Crippen LogP contribution >= 0.6 is 11.8 Å². The summed E-state index contributed by atoms with van der Waals surface area (Å²) in [6, 6.07) is 7.23. The van der Waals surface area contributed by atoms with Crippen molar-refractivity contribution in [3.05, 3.63) is 29.3 Å². The topological polar surface area (TPSA) is 21.3 Å². The first kappa shape index (κ1) is 13.3. The van der Waals surface area contributed by atoms with Gasteiger partial charge >= 0.3 is 0 Å². The van der Waals surface area contributed by atoms with Gasteiger partial charge in [0.15, 0.2) is 0 Å². The predicted molar refractivity (Wildman–Crippen MR) is 82.4 cm³/mol. The molecule has 1 aliphatic carbocycles. The van der Waals surface area contributed by atoms with Gasteiger partial charge in [-0.25, -0.2) is 0 Å². The molecule has 1 fully saturated rings. The van der Waals surface area contributed by atoms with Crippen molar-refractivity contribution in [1.29, 1.82) is 0 Å². The third kappa shape index (κ3) is 2.07. The van der Waals surface area contributed by atoms with Crippen molar-refractivity contribution >= 4 is 11.8 Å². The molecular formula is C16H23NOS. The fourth-order valence-corrected chi connectivity index (χ4v) is 5.08. The molecule has 3 rings (SSSR count). The smallest absolute Gasteiger partial charge is 0.119 e. The summed E-state index contributed by atoms with van der Waals surface area (Å²) in [4.78, 5) is 0. The van der Waals surface area contributed by atoms with E-state index in [-0.39, 0.29) is 5.41 Å². The molecule has 104 valence electrons. The summed E-state index contributed by atoms with van der Waals surface area (Å²) in [6.45, 7) is 5.87. The Morgan fingerprint density at radius 2 is 2.32 bits per heavy atom. The van der Waals surface area contributed by atoms with Crippen LogP contribution < -0.4 is 10.1 Å². The van der Waals surface area contributed by atoms with E-state index in [2.05, 4.69) is 49.1 Å². The van der Waals surface area contributed by atoms with Crippen LogP contribution in [0.15, 0.2) is 18.2 Å². The number of hydrogen-bond acceptors (Lipinski definition) is 3. The summed E-state index contributed by atoms with van der Waals surface area (Å²) in [5.74, 6) is 2.23. The number of fused-ring (bicyclic) bond motifs is 2. The van der Waals surface area contributed by atoms with Crippen LogP contribution in [0, 0.1) is 0 Å². The molecule has 2 nitrogen and oxygen atoms in total. The summed E-state index contributed by atoms with van der Waals surface area (Å²) in [6.07, 6.45) is 2.36. The van der Waals surface area contributed by atoms with E-state index in [1.54, 1.807) is 7.11 Å². The minimum atomic E-state index is 0.222. The molecule has 1 saturated heterocycles. The molecule has 0 amide bonds. The Kier molecular flexibility index (Phi) is 3.52. The maximum Gasteiger partial charge on any atom is 0.119 e. The molecule has 0 radical (unpaired) electrons. The van der Waals surface area contributed by atoms with Crippen molar-refractivity contribution in [3.8, 4) is 5.75 Å². The summed E-state index contributed by atoms with van der Waals surface area (Å²) >= 11 is 2.14. The van der Waals surface area contributed by atoms with Crippen molar-refractivity contribution in [3.63, 3.8) is 0 Å². The summed E-state index contributed by atoms with van der Waals surface area (Å²) < 4.78 is 5.43. The summed E-state index contributed by atoms with van der Waals surface area (Å²) in [7, 11) is 1.76. The molecule has 1 aromatic rings. The lowest BCUT2D eigenvalue weighted by atomic mass is 9.66. The van der Waals surface area contributed by atoms with E-state index in [0.717, 1.165) is 17.5 Å². The van der Waals surface area contributed by atoms with Gasteiger partial charge in [-0.15, -0.1) is 0 Å². The van der Waals surface area contributed by atoms with Gasteiger partial charge in [-0.3, -0.25) is 0 Å². The van der Waals surface area contributed by atoms with Crippen molar-refractivity contribution in [1.82, 2.24) is 5.32 Å². The van der Waals surface area contributed by atoms with E-state index in [9.17, 15) is 0 Å². The normalized spacial score (nSPS) is 33.4. The Balaban J connectivity index is 2.09. The van der Waals surface area contributed by atoms with E-state index >= 15 is 0 Å². The number of nitrogens with one attached hydrogen (secondary N) is 1. The van der Waals surface area contributed by atoms with Crippen LogP contribution in [-0.2, 0) is 11.8 Å². The number of thioether (sulfide) groups is 1. The monoisotopic (exact) mass is 277 g/mol. The molecular weight excluding hydrogens is 254 g/mol. The highest BCUT2D eigenvalue weighted by molar-refractivity contribution is 8.00. The molecule has 1 N–H and O–H groups in total. The van der Waals surface area contributed by atoms with Gasteiger partial charge in [0.05, 0.1) is 7.11 Å².